The molecule has 44 valence electrons. The van der Waals surface area contributed by atoms with E-state index in [9.17, 15) is 0 Å². The average Bonchev–Trinajstić information content (AvgIpc) is 1.81. The van der Waals surface area contributed by atoms with Crippen LogP contribution in [0.1, 0.15) is 0 Å². The third kappa shape index (κ3) is 4.99. The van der Waals surface area contributed by atoms with Crippen LogP contribution in [-0.2, 0) is 4.74 Å². The highest BCUT2D eigenvalue weighted by Gasteiger charge is 1.68. The van der Waals surface area contributed by atoms with Crippen molar-refractivity contribution in [2.75, 3.05) is 13.8 Å². The summed E-state index contributed by atoms with van der Waals surface area (Å²) in [4.78, 5) is 0. The molecule has 3 nitrogen and oxygen atoms in total. The van der Waals surface area contributed by atoms with Gasteiger partial charge in [-0.25, -0.2) is 0 Å². The SMILES string of the molecule is COCN/C=C/C#N. The van der Waals surface area contributed by atoms with Crippen LogP contribution in [-0.4, -0.2) is 13.8 Å². The van der Waals surface area contributed by atoms with Gasteiger partial charge in [0.1, 0.15) is 6.73 Å². The molecule has 0 atom stereocenters. The van der Waals surface area contributed by atoms with Crippen LogP contribution in [0, 0.1) is 11.3 Å². The molecule has 0 bridgehead atoms. The van der Waals surface area contributed by atoms with Gasteiger partial charge in [0.25, 0.3) is 0 Å². The molecular formula is C5H8N2O. The second kappa shape index (κ2) is 5.99. The van der Waals surface area contributed by atoms with Crippen LogP contribution in [0.2, 0.25) is 0 Å². The molecule has 0 spiro atoms. The fourth-order valence-electron chi connectivity index (χ4n) is 0.228. The zero-order valence-electron chi connectivity index (χ0n) is 4.72. The van der Waals surface area contributed by atoms with Crippen molar-refractivity contribution in [2.45, 2.75) is 0 Å². The quantitative estimate of drug-likeness (QED) is 0.322. The highest BCUT2D eigenvalue weighted by molar-refractivity contribution is 4.99. The summed E-state index contributed by atoms with van der Waals surface area (Å²) in [6.07, 6.45) is 2.88. The molecule has 3 heteroatoms. The fraction of sp³-hybridized carbons (Fsp3) is 0.400. The second-order valence-corrected chi connectivity index (χ2v) is 1.10. The first-order valence-corrected chi connectivity index (χ1v) is 2.18. The molecule has 0 unspecified atom stereocenters. The zero-order chi connectivity index (χ0) is 6.24. The molecule has 0 radical (unpaired) electrons. The van der Waals surface area contributed by atoms with Crippen molar-refractivity contribution in [2.24, 2.45) is 0 Å². The largest absolute Gasteiger partial charge is 0.368 e. The van der Waals surface area contributed by atoms with Crippen molar-refractivity contribution >= 4 is 0 Å². The van der Waals surface area contributed by atoms with E-state index in [1.807, 2.05) is 6.07 Å². The van der Waals surface area contributed by atoms with E-state index in [-0.39, 0.29) is 0 Å². The Morgan fingerprint density at radius 2 is 2.62 bits per heavy atom. The summed E-state index contributed by atoms with van der Waals surface area (Å²) in [6.45, 7) is 0.443. The number of hydrogen-bond donors (Lipinski definition) is 1. The van der Waals surface area contributed by atoms with Gasteiger partial charge in [-0.3, -0.25) is 0 Å². The Labute approximate surface area is 48.6 Å². The van der Waals surface area contributed by atoms with Gasteiger partial charge in [-0.05, 0) is 0 Å². The van der Waals surface area contributed by atoms with E-state index in [0.717, 1.165) is 0 Å². The van der Waals surface area contributed by atoms with Gasteiger partial charge in [0.15, 0.2) is 0 Å². The van der Waals surface area contributed by atoms with Crippen LogP contribution >= 0.6 is 0 Å². The summed E-state index contributed by atoms with van der Waals surface area (Å²) in [5, 5.41) is 10.7. The standard InChI is InChI=1S/C5H8N2O/c1-8-5-7-4-2-3-6/h2,4,7H,5H2,1H3/b4-2+. The lowest BCUT2D eigenvalue weighted by molar-refractivity contribution is 0.187. The topological polar surface area (TPSA) is 45.0 Å². The lowest BCUT2D eigenvalue weighted by Crippen LogP contribution is -2.07. The van der Waals surface area contributed by atoms with Crippen LogP contribution in [0.25, 0.3) is 0 Å². The maximum atomic E-state index is 7.95. The first-order valence-electron chi connectivity index (χ1n) is 2.18. The van der Waals surface area contributed by atoms with Gasteiger partial charge in [-0.1, -0.05) is 0 Å². The summed E-state index contributed by atoms with van der Waals surface area (Å²) < 4.78 is 4.62. The molecule has 0 saturated heterocycles. The molecule has 0 fully saturated rings. The normalized spacial score (nSPS) is 9.00. The molecule has 0 rings (SSSR count). The molecule has 0 aliphatic heterocycles. The zero-order valence-corrected chi connectivity index (χ0v) is 4.72. The molecule has 1 N–H and O–H groups in total. The number of nitrogens with one attached hydrogen (secondary N) is 1. The maximum Gasteiger partial charge on any atom is 0.115 e. The number of allylic oxidation sites excluding steroid dienone is 1. The van der Waals surface area contributed by atoms with Crippen molar-refractivity contribution in [1.29, 1.82) is 5.26 Å². The van der Waals surface area contributed by atoms with E-state index in [1.54, 1.807) is 7.11 Å². The van der Waals surface area contributed by atoms with Crippen LogP contribution in [0.3, 0.4) is 0 Å². The lowest BCUT2D eigenvalue weighted by Gasteiger charge is -1.92. The number of nitrogens with zero attached hydrogens (tertiary/aromatic N) is 1. The minimum absolute atomic E-state index is 0.443. The second-order valence-electron chi connectivity index (χ2n) is 1.10. The first-order chi connectivity index (χ1) is 3.91. The van der Waals surface area contributed by atoms with Gasteiger partial charge in [-0.15, -0.1) is 0 Å². The van der Waals surface area contributed by atoms with E-state index in [4.69, 9.17) is 5.26 Å². The van der Waals surface area contributed by atoms with E-state index in [2.05, 4.69) is 10.1 Å². The predicted molar refractivity (Wildman–Crippen MR) is 29.8 cm³/mol. The van der Waals surface area contributed by atoms with Crippen molar-refractivity contribution in [3.63, 3.8) is 0 Å². The highest BCUT2D eigenvalue weighted by atomic mass is 16.5. The van der Waals surface area contributed by atoms with Crippen molar-refractivity contribution < 1.29 is 4.74 Å². The average molecular weight is 112 g/mol. The molecule has 0 saturated carbocycles. The summed E-state index contributed by atoms with van der Waals surface area (Å²) in [6, 6.07) is 1.83. The van der Waals surface area contributed by atoms with Crippen LogP contribution in [0.5, 0.6) is 0 Å². The Hall–Kier alpha value is -1.01. The number of nitriles is 1. The summed E-state index contributed by atoms with van der Waals surface area (Å²) in [5.41, 5.74) is 0. The van der Waals surface area contributed by atoms with E-state index < -0.39 is 0 Å². The van der Waals surface area contributed by atoms with Gasteiger partial charge in [-0.2, -0.15) is 5.26 Å². The molecule has 0 aliphatic rings. The Morgan fingerprint density at radius 3 is 3.12 bits per heavy atom. The predicted octanol–water partition coefficient (Wildman–Crippen LogP) is 0.217. The first kappa shape index (κ1) is 6.99. The summed E-state index contributed by atoms with van der Waals surface area (Å²) in [7, 11) is 1.58. The Bertz CT molecular complexity index is 103. The minimum atomic E-state index is 0.443. The molecule has 0 amide bonds. The van der Waals surface area contributed by atoms with Crippen LogP contribution in [0.15, 0.2) is 12.3 Å². The Kier molecular flexibility index (Phi) is 5.23. The van der Waals surface area contributed by atoms with E-state index >= 15 is 0 Å². The van der Waals surface area contributed by atoms with Gasteiger partial charge >= 0.3 is 0 Å². The Balaban J connectivity index is 2.94. The van der Waals surface area contributed by atoms with Gasteiger partial charge in [0.2, 0.25) is 0 Å². The van der Waals surface area contributed by atoms with E-state index in [0.29, 0.717) is 6.73 Å². The molecule has 0 heterocycles. The third-order valence-electron chi connectivity index (χ3n) is 0.503. The molecule has 8 heavy (non-hydrogen) atoms. The van der Waals surface area contributed by atoms with Gasteiger partial charge in [0, 0.05) is 19.4 Å². The van der Waals surface area contributed by atoms with Gasteiger partial charge in [0.05, 0.1) is 6.07 Å². The fourth-order valence-corrected chi connectivity index (χ4v) is 0.228. The lowest BCUT2D eigenvalue weighted by atomic mass is 10.7. The monoisotopic (exact) mass is 112 g/mol. The van der Waals surface area contributed by atoms with Crippen LogP contribution in [0.4, 0.5) is 0 Å². The molecule has 0 aliphatic carbocycles. The third-order valence-corrected chi connectivity index (χ3v) is 0.503. The summed E-state index contributed by atoms with van der Waals surface area (Å²) >= 11 is 0. The smallest absolute Gasteiger partial charge is 0.115 e. The van der Waals surface area contributed by atoms with E-state index in [1.165, 1.54) is 12.3 Å². The van der Waals surface area contributed by atoms with Crippen molar-refractivity contribution in [3.05, 3.63) is 12.3 Å². The molecule has 0 aromatic heterocycles. The number of rotatable bonds is 3. The number of hydrogen-bond acceptors (Lipinski definition) is 3. The molecule has 0 aromatic rings. The maximum absolute atomic E-state index is 7.95. The number of methoxy groups -OCH3 is 1. The van der Waals surface area contributed by atoms with Gasteiger partial charge < -0.3 is 10.1 Å². The molecule has 0 aromatic carbocycles. The highest BCUT2D eigenvalue weighted by Crippen LogP contribution is 1.62. The molecular weight excluding hydrogens is 104 g/mol. The van der Waals surface area contributed by atoms with Crippen molar-refractivity contribution in [3.8, 4) is 6.07 Å². The number of ether oxygens (including phenoxy) is 1. The Morgan fingerprint density at radius 1 is 1.88 bits per heavy atom. The van der Waals surface area contributed by atoms with Crippen LogP contribution < -0.4 is 5.32 Å². The minimum Gasteiger partial charge on any atom is -0.368 e. The summed E-state index contributed by atoms with van der Waals surface area (Å²) in [5.74, 6) is 0. The van der Waals surface area contributed by atoms with Crippen molar-refractivity contribution in [1.82, 2.24) is 5.32 Å².